The van der Waals surface area contributed by atoms with Crippen LogP contribution < -0.4 is 0 Å². The normalized spacial score (nSPS) is 11.8. The van der Waals surface area contributed by atoms with Gasteiger partial charge in [-0.25, -0.2) is 9.97 Å². The molecule has 0 radical (unpaired) electrons. The maximum Gasteiger partial charge on any atom is 0.160 e. The minimum absolute atomic E-state index is 0.0515. The van der Waals surface area contributed by atoms with Gasteiger partial charge in [-0.3, -0.25) is 0 Å². The van der Waals surface area contributed by atoms with Gasteiger partial charge in [-0.2, -0.15) is 0 Å². The van der Waals surface area contributed by atoms with Crippen LogP contribution in [0.2, 0.25) is 0 Å². The fourth-order valence-corrected chi connectivity index (χ4v) is 8.34. The van der Waals surface area contributed by atoms with Crippen molar-refractivity contribution in [2.24, 2.45) is 0 Å². The first-order valence-electron chi connectivity index (χ1n) is 16.5. The van der Waals surface area contributed by atoms with Gasteiger partial charge < -0.3 is 0 Å². The van der Waals surface area contributed by atoms with Crippen LogP contribution in [-0.2, 0) is 5.41 Å². The van der Waals surface area contributed by atoms with Gasteiger partial charge in [0.15, 0.2) is 5.82 Å². The summed E-state index contributed by atoms with van der Waals surface area (Å²) in [5.74, 6) is 0.719. The van der Waals surface area contributed by atoms with Gasteiger partial charge in [0, 0.05) is 42.4 Å². The standard InChI is InChI=1S/C45H36N2S/c1-29-23-24-37-36-21-14-22-38(45(2,3)4)42(36)48-43(37)41(29)35-26-33(30-15-8-5-9-16-30)25-34(27-35)40-28-39(31-17-10-6-11-18-31)46-44(47-40)32-19-12-7-13-20-32/h5-28H,1-4H3. The van der Waals surface area contributed by atoms with Gasteiger partial charge in [0.1, 0.15) is 0 Å². The molecule has 0 amide bonds. The Kier molecular flexibility index (Phi) is 7.50. The zero-order valence-electron chi connectivity index (χ0n) is 27.7. The minimum Gasteiger partial charge on any atom is -0.228 e. The first-order valence-corrected chi connectivity index (χ1v) is 17.3. The zero-order valence-corrected chi connectivity index (χ0v) is 28.5. The molecule has 0 saturated carbocycles. The van der Waals surface area contributed by atoms with E-state index in [2.05, 4.69) is 149 Å². The molecule has 0 saturated heterocycles. The Morgan fingerprint density at radius 2 is 1.02 bits per heavy atom. The molecule has 2 heterocycles. The molecule has 48 heavy (non-hydrogen) atoms. The summed E-state index contributed by atoms with van der Waals surface area (Å²) in [6.45, 7) is 9.17. The van der Waals surface area contributed by atoms with E-state index in [0.717, 1.165) is 39.5 Å². The van der Waals surface area contributed by atoms with Crippen LogP contribution in [0.25, 0.3) is 76.3 Å². The third-order valence-corrected chi connectivity index (χ3v) is 10.4. The van der Waals surface area contributed by atoms with Crippen molar-refractivity contribution in [3.05, 3.63) is 157 Å². The summed E-state index contributed by atoms with van der Waals surface area (Å²) in [5.41, 5.74) is 12.5. The van der Waals surface area contributed by atoms with Crippen molar-refractivity contribution in [3.8, 4) is 56.2 Å². The van der Waals surface area contributed by atoms with E-state index in [1.165, 1.54) is 48.0 Å². The lowest BCUT2D eigenvalue weighted by molar-refractivity contribution is 0.597. The lowest BCUT2D eigenvalue weighted by Gasteiger charge is -2.19. The van der Waals surface area contributed by atoms with Crippen molar-refractivity contribution in [1.29, 1.82) is 0 Å². The van der Waals surface area contributed by atoms with E-state index in [1.807, 2.05) is 35.6 Å². The number of benzene rings is 6. The van der Waals surface area contributed by atoms with Gasteiger partial charge in [0.25, 0.3) is 0 Å². The molecule has 0 bridgehead atoms. The van der Waals surface area contributed by atoms with E-state index in [0.29, 0.717) is 0 Å². The van der Waals surface area contributed by atoms with Crippen molar-refractivity contribution in [1.82, 2.24) is 9.97 Å². The highest BCUT2D eigenvalue weighted by atomic mass is 32.1. The van der Waals surface area contributed by atoms with Crippen LogP contribution in [0.4, 0.5) is 0 Å². The Balaban J connectivity index is 1.41. The largest absolute Gasteiger partial charge is 0.228 e. The Bertz CT molecular complexity index is 2360. The number of aromatic nitrogens is 2. The van der Waals surface area contributed by atoms with Crippen molar-refractivity contribution >= 4 is 31.5 Å². The zero-order chi connectivity index (χ0) is 32.8. The molecular weight excluding hydrogens is 601 g/mol. The van der Waals surface area contributed by atoms with Crippen LogP contribution in [0.3, 0.4) is 0 Å². The summed E-state index contributed by atoms with van der Waals surface area (Å²) in [5, 5.41) is 2.65. The van der Waals surface area contributed by atoms with Crippen molar-refractivity contribution < 1.29 is 0 Å². The number of hydrogen-bond acceptors (Lipinski definition) is 3. The number of hydrogen-bond donors (Lipinski definition) is 0. The van der Waals surface area contributed by atoms with Crippen molar-refractivity contribution in [3.63, 3.8) is 0 Å². The van der Waals surface area contributed by atoms with Crippen molar-refractivity contribution in [2.75, 3.05) is 0 Å². The minimum atomic E-state index is 0.0515. The monoisotopic (exact) mass is 636 g/mol. The highest BCUT2D eigenvalue weighted by molar-refractivity contribution is 7.26. The van der Waals surface area contributed by atoms with Gasteiger partial charge >= 0.3 is 0 Å². The van der Waals surface area contributed by atoms with E-state index >= 15 is 0 Å². The predicted molar refractivity (Wildman–Crippen MR) is 206 cm³/mol. The number of rotatable bonds is 5. The molecule has 0 N–H and O–H groups in total. The van der Waals surface area contributed by atoms with E-state index in [-0.39, 0.29) is 5.41 Å². The second-order valence-electron chi connectivity index (χ2n) is 13.5. The molecule has 8 aromatic rings. The molecule has 6 aromatic carbocycles. The first kappa shape index (κ1) is 30.0. The molecule has 0 spiro atoms. The van der Waals surface area contributed by atoms with E-state index in [9.17, 15) is 0 Å². The number of nitrogens with zero attached hydrogens (tertiary/aromatic N) is 2. The molecule has 232 valence electrons. The van der Waals surface area contributed by atoms with E-state index in [4.69, 9.17) is 9.97 Å². The molecule has 0 aliphatic carbocycles. The molecule has 0 aliphatic rings. The molecule has 0 unspecified atom stereocenters. The van der Waals surface area contributed by atoms with Gasteiger partial charge in [-0.05, 0) is 64.4 Å². The quantitative estimate of drug-likeness (QED) is 0.188. The summed E-state index contributed by atoms with van der Waals surface area (Å²) < 4.78 is 2.71. The maximum atomic E-state index is 5.22. The smallest absolute Gasteiger partial charge is 0.160 e. The summed E-state index contributed by atoms with van der Waals surface area (Å²) in [7, 11) is 0. The topological polar surface area (TPSA) is 25.8 Å². The molecule has 0 atom stereocenters. The highest BCUT2D eigenvalue weighted by Crippen LogP contribution is 2.46. The average molecular weight is 637 g/mol. The Labute approximate surface area is 286 Å². The SMILES string of the molecule is Cc1ccc2c(sc3c(C(C)(C)C)cccc32)c1-c1cc(-c2ccccc2)cc(-c2cc(-c3ccccc3)nc(-c3ccccc3)n2)c1. The van der Waals surface area contributed by atoms with Gasteiger partial charge in [0.2, 0.25) is 0 Å². The second kappa shape index (κ2) is 12.0. The lowest BCUT2D eigenvalue weighted by atomic mass is 9.86. The van der Waals surface area contributed by atoms with Gasteiger partial charge in [-0.1, -0.05) is 142 Å². The number of thiophene rings is 1. The van der Waals surface area contributed by atoms with Crippen LogP contribution in [-0.4, -0.2) is 9.97 Å². The average Bonchev–Trinajstić information content (AvgIpc) is 3.50. The number of aryl methyl sites for hydroxylation is 1. The van der Waals surface area contributed by atoms with Gasteiger partial charge in [0.05, 0.1) is 11.4 Å². The second-order valence-corrected chi connectivity index (χ2v) is 14.5. The first-order chi connectivity index (χ1) is 23.3. The molecular formula is C45H36N2S. The lowest BCUT2D eigenvalue weighted by Crippen LogP contribution is -2.10. The highest BCUT2D eigenvalue weighted by Gasteiger charge is 2.22. The van der Waals surface area contributed by atoms with Crippen LogP contribution in [0.1, 0.15) is 31.9 Å². The van der Waals surface area contributed by atoms with Crippen LogP contribution in [0, 0.1) is 6.92 Å². The summed E-state index contributed by atoms with van der Waals surface area (Å²) in [4.78, 5) is 10.3. The van der Waals surface area contributed by atoms with E-state index < -0.39 is 0 Å². The summed E-state index contributed by atoms with van der Waals surface area (Å²) >= 11 is 1.93. The fourth-order valence-electron chi connectivity index (χ4n) is 6.70. The number of fused-ring (bicyclic) bond motifs is 3. The third-order valence-electron chi connectivity index (χ3n) is 9.14. The summed E-state index contributed by atoms with van der Waals surface area (Å²) in [6, 6.07) is 51.8. The molecule has 3 heteroatoms. The van der Waals surface area contributed by atoms with Crippen LogP contribution >= 0.6 is 11.3 Å². The molecule has 0 fully saturated rings. The Hall–Kier alpha value is -5.38. The molecule has 2 aromatic heterocycles. The van der Waals surface area contributed by atoms with Crippen LogP contribution in [0.5, 0.6) is 0 Å². The molecule has 8 rings (SSSR count). The van der Waals surface area contributed by atoms with E-state index in [1.54, 1.807) is 0 Å². The fraction of sp³-hybridized carbons (Fsp3) is 0.111. The van der Waals surface area contributed by atoms with Crippen LogP contribution in [0.15, 0.2) is 146 Å². The van der Waals surface area contributed by atoms with Gasteiger partial charge in [-0.15, -0.1) is 11.3 Å². The Morgan fingerprint density at radius 1 is 0.458 bits per heavy atom. The summed E-state index contributed by atoms with van der Waals surface area (Å²) in [6.07, 6.45) is 0. The molecule has 0 aliphatic heterocycles. The maximum absolute atomic E-state index is 5.22. The molecule has 2 nitrogen and oxygen atoms in total. The third kappa shape index (κ3) is 5.51. The van der Waals surface area contributed by atoms with Crippen molar-refractivity contribution in [2.45, 2.75) is 33.1 Å². The Morgan fingerprint density at radius 3 is 1.69 bits per heavy atom. The predicted octanol–water partition coefficient (Wildman–Crippen LogP) is 12.8.